The lowest BCUT2D eigenvalue weighted by Crippen LogP contribution is -2.12. The van der Waals surface area contributed by atoms with E-state index in [0.717, 1.165) is 10.4 Å². The van der Waals surface area contributed by atoms with Crippen LogP contribution < -0.4 is 5.73 Å². The van der Waals surface area contributed by atoms with Gasteiger partial charge in [0.25, 0.3) is 0 Å². The Kier molecular flexibility index (Phi) is 3.33. The fraction of sp³-hybridized carbons (Fsp3) is 0.0769. The number of hydrogen-bond donors (Lipinski definition) is 1. The van der Waals surface area contributed by atoms with Crippen molar-refractivity contribution in [2.45, 2.75) is 6.04 Å². The summed E-state index contributed by atoms with van der Waals surface area (Å²) in [5.74, 6) is 0.906. The lowest BCUT2D eigenvalue weighted by Gasteiger charge is -2.08. The Hall–Kier alpha value is -1.69. The number of halogens is 1. The number of aromatic nitrogens is 2. The standard InChI is InChI=1S/C13H10ClN3OS/c14-9-5-2-1-4-8(9)11(15)13-16-12(17-18-13)10-6-3-7-19-10/h1-7,11H,15H2/t11-/m1/s1. The van der Waals surface area contributed by atoms with Gasteiger partial charge in [0.05, 0.1) is 4.88 Å². The molecule has 0 radical (unpaired) electrons. The average Bonchev–Trinajstić information content (AvgIpc) is 3.09. The van der Waals surface area contributed by atoms with Crippen LogP contribution in [0.2, 0.25) is 5.02 Å². The number of thiophene rings is 1. The molecular weight excluding hydrogens is 282 g/mol. The Morgan fingerprint density at radius 1 is 1.21 bits per heavy atom. The number of nitrogens with zero attached hydrogens (tertiary/aromatic N) is 2. The lowest BCUT2D eigenvalue weighted by molar-refractivity contribution is 0.367. The van der Waals surface area contributed by atoms with E-state index in [1.54, 1.807) is 17.4 Å². The van der Waals surface area contributed by atoms with Crippen molar-refractivity contribution in [2.75, 3.05) is 0 Å². The van der Waals surface area contributed by atoms with Crippen LogP contribution in [0.4, 0.5) is 0 Å². The molecule has 0 amide bonds. The highest BCUT2D eigenvalue weighted by Gasteiger charge is 2.19. The molecule has 19 heavy (non-hydrogen) atoms. The zero-order valence-corrected chi connectivity index (χ0v) is 11.4. The van der Waals surface area contributed by atoms with E-state index in [9.17, 15) is 0 Å². The maximum Gasteiger partial charge on any atom is 0.248 e. The third kappa shape index (κ3) is 2.40. The van der Waals surface area contributed by atoms with E-state index in [1.807, 2.05) is 35.7 Å². The van der Waals surface area contributed by atoms with Gasteiger partial charge in [0.1, 0.15) is 6.04 Å². The van der Waals surface area contributed by atoms with E-state index in [4.69, 9.17) is 21.9 Å². The molecule has 4 nitrogen and oxygen atoms in total. The summed E-state index contributed by atoms with van der Waals surface area (Å²) < 4.78 is 5.22. The van der Waals surface area contributed by atoms with E-state index in [-0.39, 0.29) is 0 Å². The predicted molar refractivity (Wildman–Crippen MR) is 75.1 cm³/mol. The molecule has 0 aliphatic rings. The zero-order chi connectivity index (χ0) is 13.2. The molecular formula is C13H10ClN3OS. The highest BCUT2D eigenvalue weighted by atomic mass is 35.5. The molecule has 0 aliphatic carbocycles. The summed E-state index contributed by atoms with van der Waals surface area (Å²) >= 11 is 7.66. The van der Waals surface area contributed by atoms with Crippen LogP contribution in [0.3, 0.4) is 0 Å². The normalized spacial score (nSPS) is 12.5. The molecule has 0 aliphatic heterocycles. The first-order valence-electron chi connectivity index (χ1n) is 5.63. The van der Waals surface area contributed by atoms with E-state index >= 15 is 0 Å². The molecule has 3 aromatic rings. The Bertz CT molecular complexity index is 681. The molecule has 2 aromatic heterocycles. The summed E-state index contributed by atoms with van der Waals surface area (Å²) in [6, 6.07) is 10.7. The monoisotopic (exact) mass is 291 g/mol. The number of nitrogens with two attached hydrogens (primary N) is 1. The Balaban J connectivity index is 1.93. The van der Waals surface area contributed by atoms with Gasteiger partial charge < -0.3 is 10.3 Å². The minimum absolute atomic E-state index is 0.358. The van der Waals surface area contributed by atoms with Crippen molar-refractivity contribution in [1.29, 1.82) is 0 Å². The maximum absolute atomic E-state index is 6.11. The van der Waals surface area contributed by atoms with Gasteiger partial charge in [-0.25, -0.2) is 0 Å². The first-order valence-corrected chi connectivity index (χ1v) is 6.89. The molecule has 3 rings (SSSR count). The largest absolute Gasteiger partial charge is 0.337 e. The number of rotatable bonds is 3. The van der Waals surface area contributed by atoms with Gasteiger partial charge in [-0.05, 0) is 23.1 Å². The summed E-state index contributed by atoms with van der Waals surface area (Å²) in [6.45, 7) is 0. The van der Waals surface area contributed by atoms with Crippen LogP contribution in [-0.4, -0.2) is 10.1 Å². The van der Waals surface area contributed by atoms with E-state index in [1.165, 1.54) is 0 Å². The van der Waals surface area contributed by atoms with Crippen LogP contribution in [0.1, 0.15) is 17.5 Å². The van der Waals surface area contributed by atoms with Gasteiger partial charge in [0.2, 0.25) is 11.7 Å². The van der Waals surface area contributed by atoms with E-state index in [2.05, 4.69) is 10.1 Å². The van der Waals surface area contributed by atoms with Crippen molar-refractivity contribution in [3.05, 3.63) is 58.3 Å². The molecule has 0 bridgehead atoms. The molecule has 0 saturated carbocycles. The average molecular weight is 292 g/mol. The Morgan fingerprint density at radius 2 is 2.05 bits per heavy atom. The van der Waals surface area contributed by atoms with Gasteiger partial charge in [0.15, 0.2) is 0 Å². The third-order valence-electron chi connectivity index (χ3n) is 2.69. The first-order chi connectivity index (χ1) is 9.25. The summed E-state index contributed by atoms with van der Waals surface area (Å²) in [6.07, 6.45) is 0. The van der Waals surface area contributed by atoms with Crippen molar-refractivity contribution in [3.8, 4) is 10.7 Å². The van der Waals surface area contributed by atoms with Crippen molar-refractivity contribution < 1.29 is 4.52 Å². The fourth-order valence-corrected chi connectivity index (χ4v) is 2.63. The second-order valence-corrected chi connectivity index (χ2v) is 5.29. The molecule has 0 unspecified atom stereocenters. The smallest absolute Gasteiger partial charge is 0.248 e. The topological polar surface area (TPSA) is 64.9 Å². The molecule has 2 N–H and O–H groups in total. The van der Waals surface area contributed by atoms with E-state index < -0.39 is 6.04 Å². The second-order valence-electron chi connectivity index (χ2n) is 3.93. The number of benzene rings is 1. The first kappa shape index (κ1) is 12.3. The fourth-order valence-electron chi connectivity index (χ4n) is 1.73. The molecule has 96 valence electrons. The van der Waals surface area contributed by atoms with Crippen molar-refractivity contribution in [3.63, 3.8) is 0 Å². The Labute approximate surface area is 118 Å². The molecule has 1 aromatic carbocycles. The van der Waals surface area contributed by atoms with Crippen LogP contribution >= 0.6 is 22.9 Å². The van der Waals surface area contributed by atoms with Crippen LogP contribution in [0.15, 0.2) is 46.3 Å². The van der Waals surface area contributed by atoms with Crippen molar-refractivity contribution in [2.24, 2.45) is 5.73 Å². The summed E-state index contributed by atoms with van der Waals surface area (Å²) in [4.78, 5) is 5.26. The summed E-state index contributed by atoms with van der Waals surface area (Å²) in [7, 11) is 0. The molecule has 0 fully saturated rings. The van der Waals surface area contributed by atoms with Gasteiger partial charge in [-0.3, -0.25) is 0 Å². The van der Waals surface area contributed by atoms with Gasteiger partial charge >= 0.3 is 0 Å². The summed E-state index contributed by atoms with van der Waals surface area (Å²) in [5, 5.41) is 6.48. The predicted octanol–water partition coefficient (Wildman–Crippen LogP) is 3.50. The van der Waals surface area contributed by atoms with Crippen LogP contribution in [0.25, 0.3) is 10.7 Å². The van der Waals surface area contributed by atoms with Gasteiger partial charge in [-0.2, -0.15) is 4.98 Å². The summed E-state index contributed by atoms with van der Waals surface area (Å²) in [5.41, 5.74) is 6.88. The minimum atomic E-state index is -0.519. The number of hydrogen-bond acceptors (Lipinski definition) is 5. The highest BCUT2D eigenvalue weighted by molar-refractivity contribution is 7.13. The third-order valence-corrected chi connectivity index (χ3v) is 3.90. The molecule has 1 atom stereocenters. The van der Waals surface area contributed by atoms with Gasteiger partial charge in [-0.1, -0.05) is 41.0 Å². The van der Waals surface area contributed by atoms with E-state index in [0.29, 0.717) is 16.7 Å². The van der Waals surface area contributed by atoms with Crippen LogP contribution in [0, 0.1) is 0 Å². The van der Waals surface area contributed by atoms with Crippen LogP contribution in [0.5, 0.6) is 0 Å². The minimum Gasteiger partial charge on any atom is -0.337 e. The molecule has 0 spiro atoms. The molecule has 2 heterocycles. The van der Waals surface area contributed by atoms with Crippen molar-refractivity contribution >= 4 is 22.9 Å². The lowest BCUT2D eigenvalue weighted by atomic mass is 10.1. The SMILES string of the molecule is N[C@@H](c1nc(-c2cccs2)no1)c1ccccc1Cl. The highest BCUT2D eigenvalue weighted by Crippen LogP contribution is 2.27. The maximum atomic E-state index is 6.11. The quantitative estimate of drug-likeness (QED) is 0.802. The molecule has 6 heteroatoms. The Morgan fingerprint density at radius 3 is 2.79 bits per heavy atom. The van der Waals surface area contributed by atoms with Crippen LogP contribution in [-0.2, 0) is 0 Å². The van der Waals surface area contributed by atoms with Gasteiger partial charge in [0, 0.05) is 5.02 Å². The zero-order valence-electron chi connectivity index (χ0n) is 9.79. The van der Waals surface area contributed by atoms with Gasteiger partial charge in [-0.15, -0.1) is 11.3 Å². The second kappa shape index (κ2) is 5.13. The molecule has 0 saturated heterocycles. The van der Waals surface area contributed by atoms with Crippen molar-refractivity contribution in [1.82, 2.24) is 10.1 Å².